The summed E-state index contributed by atoms with van der Waals surface area (Å²) in [5.41, 5.74) is 2.68. The summed E-state index contributed by atoms with van der Waals surface area (Å²) in [7, 11) is 1.37. The summed E-state index contributed by atoms with van der Waals surface area (Å²) in [5, 5.41) is 11.2. The van der Waals surface area contributed by atoms with Crippen molar-refractivity contribution in [3.8, 4) is 0 Å². The van der Waals surface area contributed by atoms with Gasteiger partial charge in [0.1, 0.15) is 0 Å². The number of methoxy groups -OCH3 is 1. The average molecular weight is 246 g/mol. The van der Waals surface area contributed by atoms with E-state index >= 15 is 0 Å². The van der Waals surface area contributed by atoms with Crippen LogP contribution in [0.1, 0.15) is 11.3 Å². The number of amides is 1. The molecule has 1 aliphatic heterocycles. The molecule has 0 bridgehead atoms. The number of para-hydroxylation sites is 1. The van der Waals surface area contributed by atoms with Gasteiger partial charge in [0.15, 0.2) is 0 Å². The van der Waals surface area contributed by atoms with Gasteiger partial charge in [-0.1, -0.05) is 18.2 Å². The van der Waals surface area contributed by atoms with E-state index in [4.69, 9.17) is 4.74 Å². The minimum Gasteiger partial charge on any atom is -0.453 e. The maximum atomic E-state index is 11.5. The Hall–Kier alpha value is -2.17. The van der Waals surface area contributed by atoms with E-state index < -0.39 is 0 Å². The van der Waals surface area contributed by atoms with Crippen molar-refractivity contribution in [3.63, 3.8) is 0 Å². The molecule has 0 unspecified atom stereocenters. The van der Waals surface area contributed by atoms with E-state index in [1.165, 1.54) is 11.8 Å². The lowest BCUT2D eigenvalue weighted by Gasteiger charge is -2.26. The third-order valence-electron chi connectivity index (χ3n) is 3.47. The summed E-state index contributed by atoms with van der Waals surface area (Å²) >= 11 is 0. The number of hydrogen-bond acceptors (Lipinski definition) is 3. The smallest absolute Gasteiger partial charge is 0.409 e. The molecule has 1 aromatic heterocycles. The lowest BCUT2D eigenvalue weighted by atomic mass is 10.0. The summed E-state index contributed by atoms with van der Waals surface area (Å²) in [5.74, 6) is 0. The fraction of sp³-hybridized carbons (Fsp3) is 0.308. The molecule has 1 aromatic carbocycles. The molecule has 1 N–H and O–H groups in total. The Morgan fingerprint density at radius 2 is 2.17 bits per heavy atom. The molecule has 0 saturated carbocycles. The third kappa shape index (κ3) is 1.44. The first-order valence-electron chi connectivity index (χ1n) is 5.85. The van der Waals surface area contributed by atoms with E-state index in [0.29, 0.717) is 13.1 Å². The second-order valence-corrected chi connectivity index (χ2v) is 4.40. The minimum absolute atomic E-state index is 0.356. The van der Waals surface area contributed by atoms with Crippen molar-refractivity contribution in [2.75, 3.05) is 13.7 Å². The van der Waals surface area contributed by atoms with E-state index in [9.17, 15) is 10.0 Å². The molecule has 2 heterocycles. The largest absolute Gasteiger partial charge is 0.453 e. The standard InChI is InChI=1S/C13H14N2O3/c1-18-13(16)14-7-6-10-9-4-2-3-5-11(9)15(17)12(10)8-14/h2-5,17H,6-8H2,1H3. The zero-order valence-electron chi connectivity index (χ0n) is 10.1. The van der Waals surface area contributed by atoms with Crippen molar-refractivity contribution in [1.29, 1.82) is 0 Å². The Bertz CT molecular complexity index is 618. The molecular formula is C13H14N2O3. The van der Waals surface area contributed by atoms with Crippen molar-refractivity contribution in [2.45, 2.75) is 13.0 Å². The van der Waals surface area contributed by atoms with Gasteiger partial charge in [0.2, 0.25) is 0 Å². The van der Waals surface area contributed by atoms with Crippen molar-refractivity contribution in [3.05, 3.63) is 35.5 Å². The summed E-state index contributed by atoms with van der Waals surface area (Å²) in [6.07, 6.45) is 0.379. The Balaban J connectivity index is 2.09. The van der Waals surface area contributed by atoms with Crippen molar-refractivity contribution >= 4 is 17.0 Å². The van der Waals surface area contributed by atoms with Crippen LogP contribution < -0.4 is 0 Å². The quantitative estimate of drug-likeness (QED) is 0.723. The third-order valence-corrected chi connectivity index (χ3v) is 3.47. The summed E-state index contributed by atoms with van der Waals surface area (Å²) < 4.78 is 5.90. The van der Waals surface area contributed by atoms with Gasteiger partial charge in [0.05, 0.1) is 24.9 Å². The first kappa shape index (κ1) is 11.0. The van der Waals surface area contributed by atoms with Gasteiger partial charge in [-0.05, 0) is 18.1 Å². The van der Waals surface area contributed by atoms with Crippen LogP contribution in [-0.2, 0) is 17.7 Å². The van der Waals surface area contributed by atoms with Gasteiger partial charge >= 0.3 is 6.09 Å². The van der Waals surface area contributed by atoms with Crippen molar-refractivity contribution in [2.24, 2.45) is 0 Å². The highest BCUT2D eigenvalue weighted by atomic mass is 16.5. The van der Waals surface area contributed by atoms with Gasteiger partial charge in [-0.25, -0.2) is 4.79 Å². The molecule has 3 rings (SSSR count). The van der Waals surface area contributed by atoms with Gasteiger partial charge in [0.25, 0.3) is 0 Å². The van der Waals surface area contributed by atoms with Gasteiger partial charge < -0.3 is 14.8 Å². The zero-order valence-corrected chi connectivity index (χ0v) is 10.1. The number of ether oxygens (including phenoxy) is 1. The van der Waals surface area contributed by atoms with Crippen molar-refractivity contribution < 1.29 is 14.7 Å². The van der Waals surface area contributed by atoms with Gasteiger partial charge in [0, 0.05) is 11.9 Å². The van der Waals surface area contributed by atoms with Crippen LogP contribution in [0.5, 0.6) is 0 Å². The van der Waals surface area contributed by atoms with Crippen LogP contribution >= 0.6 is 0 Å². The number of hydrogen-bond donors (Lipinski definition) is 1. The van der Waals surface area contributed by atoms with Crippen LogP contribution in [0.3, 0.4) is 0 Å². The monoisotopic (exact) mass is 246 g/mol. The molecule has 0 radical (unpaired) electrons. The van der Waals surface area contributed by atoms with Crippen LogP contribution in [0, 0.1) is 0 Å². The van der Waals surface area contributed by atoms with Gasteiger partial charge in [-0.2, -0.15) is 4.73 Å². The first-order chi connectivity index (χ1) is 8.72. The molecule has 0 aliphatic carbocycles. The lowest BCUT2D eigenvalue weighted by molar-refractivity contribution is 0.110. The SMILES string of the molecule is COC(=O)N1CCc2c(n(O)c3ccccc23)C1. The Kier molecular flexibility index (Phi) is 2.40. The molecule has 0 spiro atoms. The summed E-state index contributed by atoms with van der Waals surface area (Å²) in [4.78, 5) is 13.1. The number of carbonyl (C=O) groups is 1. The predicted molar refractivity (Wildman–Crippen MR) is 65.6 cm³/mol. The normalized spacial score (nSPS) is 14.6. The van der Waals surface area contributed by atoms with Crippen molar-refractivity contribution in [1.82, 2.24) is 9.63 Å². The number of aromatic nitrogens is 1. The van der Waals surface area contributed by atoms with Gasteiger partial charge in [-0.3, -0.25) is 0 Å². The molecule has 0 atom stereocenters. The Morgan fingerprint density at radius 1 is 1.39 bits per heavy atom. The number of fused-ring (bicyclic) bond motifs is 3. The molecule has 94 valence electrons. The molecule has 5 nitrogen and oxygen atoms in total. The van der Waals surface area contributed by atoms with Crippen LogP contribution in [0.15, 0.2) is 24.3 Å². The highest BCUT2D eigenvalue weighted by Crippen LogP contribution is 2.29. The molecule has 0 fully saturated rings. The van der Waals surface area contributed by atoms with E-state index in [0.717, 1.165) is 28.6 Å². The van der Waals surface area contributed by atoms with Crippen LogP contribution in [0.2, 0.25) is 0 Å². The predicted octanol–water partition coefficient (Wildman–Crippen LogP) is 2.00. The maximum absolute atomic E-state index is 11.5. The second kappa shape index (κ2) is 3.94. The van der Waals surface area contributed by atoms with E-state index in [2.05, 4.69) is 0 Å². The fourth-order valence-electron chi connectivity index (χ4n) is 2.58. The molecule has 1 amide bonds. The van der Waals surface area contributed by atoms with Crippen LogP contribution in [0.4, 0.5) is 4.79 Å². The first-order valence-corrected chi connectivity index (χ1v) is 5.85. The summed E-state index contributed by atoms with van der Waals surface area (Å²) in [6.45, 7) is 1.00. The van der Waals surface area contributed by atoms with E-state index in [1.807, 2.05) is 24.3 Å². The number of nitrogens with zero attached hydrogens (tertiary/aromatic N) is 2. The topological polar surface area (TPSA) is 54.7 Å². The van der Waals surface area contributed by atoms with E-state index in [-0.39, 0.29) is 6.09 Å². The zero-order chi connectivity index (χ0) is 12.7. The molecule has 2 aromatic rings. The summed E-state index contributed by atoms with van der Waals surface area (Å²) in [6, 6.07) is 7.71. The molecule has 18 heavy (non-hydrogen) atoms. The molecule has 1 aliphatic rings. The minimum atomic E-state index is -0.356. The fourth-order valence-corrected chi connectivity index (χ4v) is 2.58. The second-order valence-electron chi connectivity index (χ2n) is 4.40. The number of benzene rings is 1. The molecule has 5 heteroatoms. The lowest BCUT2D eigenvalue weighted by Crippen LogP contribution is -2.36. The van der Waals surface area contributed by atoms with Crippen LogP contribution in [-0.4, -0.2) is 34.6 Å². The highest BCUT2D eigenvalue weighted by Gasteiger charge is 2.26. The Labute approximate surface area is 104 Å². The van der Waals surface area contributed by atoms with E-state index in [1.54, 1.807) is 4.90 Å². The Morgan fingerprint density at radius 3 is 2.94 bits per heavy atom. The maximum Gasteiger partial charge on any atom is 0.409 e. The molecular weight excluding hydrogens is 232 g/mol. The number of carbonyl (C=O) groups excluding carboxylic acids is 1. The van der Waals surface area contributed by atoms with Crippen LogP contribution in [0.25, 0.3) is 10.9 Å². The molecule has 0 saturated heterocycles. The average Bonchev–Trinajstić information content (AvgIpc) is 2.72. The van der Waals surface area contributed by atoms with Gasteiger partial charge in [-0.15, -0.1) is 0 Å². The highest BCUT2D eigenvalue weighted by molar-refractivity contribution is 5.85. The number of rotatable bonds is 0.